The van der Waals surface area contributed by atoms with Gasteiger partial charge in [0.05, 0.1) is 4.90 Å². The lowest BCUT2D eigenvalue weighted by Crippen LogP contribution is -2.25. The monoisotopic (exact) mass is 366 g/mol. The van der Waals surface area contributed by atoms with Crippen LogP contribution in [0.5, 0.6) is 0 Å². The highest BCUT2D eigenvalue weighted by molar-refractivity contribution is 7.89. The van der Waals surface area contributed by atoms with E-state index in [0.717, 1.165) is 22.4 Å². The molecule has 0 spiro atoms. The Bertz CT molecular complexity index is 1120. The fraction of sp³-hybridized carbons (Fsp3) is 0.150. The maximum Gasteiger partial charge on any atom is 0.255 e. The molecule has 0 N–H and O–H groups in total. The number of aromatic nitrogens is 1. The minimum absolute atomic E-state index is 0.162. The van der Waals surface area contributed by atoms with Gasteiger partial charge in [0.1, 0.15) is 0 Å². The molecule has 6 heteroatoms. The van der Waals surface area contributed by atoms with Crippen molar-refractivity contribution in [3.05, 3.63) is 93.9 Å². The Kier molecular flexibility index (Phi) is 4.01. The molecule has 0 unspecified atom stereocenters. The van der Waals surface area contributed by atoms with Crippen molar-refractivity contribution in [2.45, 2.75) is 24.9 Å². The van der Waals surface area contributed by atoms with Crippen molar-refractivity contribution in [3.8, 4) is 5.69 Å². The summed E-state index contributed by atoms with van der Waals surface area (Å²) in [6.45, 7) is 2.40. The van der Waals surface area contributed by atoms with Crippen LogP contribution >= 0.6 is 0 Å². The Morgan fingerprint density at radius 3 is 2.23 bits per heavy atom. The summed E-state index contributed by atoms with van der Waals surface area (Å²) in [4.78, 5) is 12.7. The summed E-state index contributed by atoms with van der Waals surface area (Å²) in [6, 6.07) is 17.7. The van der Waals surface area contributed by atoms with Gasteiger partial charge in [-0.1, -0.05) is 35.9 Å². The largest absolute Gasteiger partial charge is 0.284 e. The van der Waals surface area contributed by atoms with Crippen LogP contribution < -0.4 is 5.56 Å². The molecule has 1 aliphatic rings. The van der Waals surface area contributed by atoms with Crippen molar-refractivity contribution in [1.82, 2.24) is 8.87 Å². The van der Waals surface area contributed by atoms with Gasteiger partial charge in [-0.2, -0.15) is 4.31 Å². The first-order chi connectivity index (χ1) is 12.4. The zero-order chi connectivity index (χ0) is 18.3. The number of sulfonamides is 1. The molecule has 26 heavy (non-hydrogen) atoms. The quantitative estimate of drug-likeness (QED) is 0.716. The van der Waals surface area contributed by atoms with Crippen LogP contribution in [0.15, 0.2) is 76.6 Å². The number of nitrogens with zero attached hydrogens (tertiary/aromatic N) is 2. The summed E-state index contributed by atoms with van der Waals surface area (Å²) in [5, 5.41) is 0. The number of rotatable bonds is 3. The summed E-state index contributed by atoms with van der Waals surface area (Å²) in [7, 11) is -3.59. The van der Waals surface area contributed by atoms with Gasteiger partial charge in [0, 0.05) is 31.0 Å². The molecule has 0 radical (unpaired) electrons. The van der Waals surface area contributed by atoms with Crippen molar-refractivity contribution in [2.75, 3.05) is 0 Å². The molecule has 5 nitrogen and oxygen atoms in total. The van der Waals surface area contributed by atoms with Crippen LogP contribution in [-0.2, 0) is 23.1 Å². The van der Waals surface area contributed by atoms with Crippen molar-refractivity contribution >= 4 is 10.0 Å². The Hall–Kier alpha value is -2.70. The molecule has 0 amide bonds. The first-order valence-electron chi connectivity index (χ1n) is 8.32. The predicted molar refractivity (Wildman–Crippen MR) is 99.7 cm³/mol. The molecule has 0 bridgehead atoms. The SMILES string of the molecule is Cc1ccc(S(=O)(=O)N2Cc3cc(=O)n(-c4ccccc4)cc3C2)cc1. The van der Waals surface area contributed by atoms with Crippen LogP contribution in [-0.4, -0.2) is 17.3 Å². The smallest absolute Gasteiger partial charge is 0.255 e. The van der Waals surface area contributed by atoms with E-state index in [0.29, 0.717) is 0 Å². The number of aryl methyl sites for hydroxylation is 1. The Morgan fingerprint density at radius 1 is 0.885 bits per heavy atom. The van der Waals surface area contributed by atoms with E-state index in [9.17, 15) is 13.2 Å². The molecule has 0 saturated heterocycles. The van der Waals surface area contributed by atoms with Crippen LogP contribution in [0.4, 0.5) is 0 Å². The van der Waals surface area contributed by atoms with Gasteiger partial charge >= 0.3 is 0 Å². The number of pyridine rings is 1. The van der Waals surface area contributed by atoms with E-state index >= 15 is 0 Å². The first kappa shape index (κ1) is 16.8. The molecule has 0 fully saturated rings. The fourth-order valence-corrected chi connectivity index (χ4v) is 4.55. The van der Waals surface area contributed by atoms with Gasteiger partial charge < -0.3 is 0 Å². The molecule has 0 saturated carbocycles. The molecule has 3 aromatic rings. The van der Waals surface area contributed by atoms with Gasteiger partial charge in [0.25, 0.3) is 5.56 Å². The summed E-state index contributed by atoms with van der Waals surface area (Å²) in [6.07, 6.45) is 1.75. The van der Waals surface area contributed by atoms with Crippen LogP contribution in [0.3, 0.4) is 0 Å². The molecule has 1 aliphatic heterocycles. The summed E-state index contributed by atoms with van der Waals surface area (Å²) < 4.78 is 28.8. The standard InChI is InChI=1S/C20H18N2O3S/c1-15-7-9-19(10-8-15)26(24,25)21-12-16-11-20(23)22(14-17(16)13-21)18-5-3-2-4-6-18/h2-11,14H,12-13H2,1H3. The van der Waals surface area contributed by atoms with Gasteiger partial charge in [-0.05, 0) is 42.3 Å². The Morgan fingerprint density at radius 2 is 1.54 bits per heavy atom. The molecule has 1 aromatic heterocycles. The number of benzene rings is 2. The predicted octanol–water partition coefficient (Wildman–Crippen LogP) is 2.85. The van der Waals surface area contributed by atoms with E-state index in [1.165, 1.54) is 10.4 Å². The highest BCUT2D eigenvalue weighted by atomic mass is 32.2. The number of hydrogen-bond acceptors (Lipinski definition) is 3. The van der Waals surface area contributed by atoms with Gasteiger partial charge in [-0.25, -0.2) is 8.42 Å². The molecular formula is C20H18N2O3S. The lowest BCUT2D eigenvalue weighted by molar-refractivity contribution is 0.431. The zero-order valence-corrected chi connectivity index (χ0v) is 15.1. The number of hydrogen-bond donors (Lipinski definition) is 0. The topological polar surface area (TPSA) is 59.4 Å². The maximum absolute atomic E-state index is 12.9. The second kappa shape index (κ2) is 6.23. The van der Waals surface area contributed by atoms with Gasteiger partial charge in [0.15, 0.2) is 0 Å². The zero-order valence-electron chi connectivity index (χ0n) is 14.3. The molecule has 132 valence electrons. The van der Waals surface area contributed by atoms with E-state index in [2.05, 4.69) is 0 Å². The van der Waals surface area contributed by atoms with Gasteiger partial charge in [0.2, 0.25) is 10.0 Å². The van der Waals surface area contributed by atoms with Crippen molar-refractivity contribution in [2.24, 2.45) is 0 Å². The Balaban J connectivity index is 1.69. The molecule has 0 aliphatic carbocycles. The third-order valence-electron chi connectivity index (χ3n) is 4.62. The second-order valence-electron chi connectivity index (χ2n) is 6.45. The minimum Gasteiger partial charge on any atom is -0.284 e. The molecule has 2 heterocycles. The van der Waals surface area contributed by atoms with E-state index < -0.39 is 10.0 Å². The van der Waals surface area contributed by atoms with E-state index in [4.69, 9.17) is 0 Å². The van der Waals surface area contributed by atoms with E-state index in [-0.39, 0.29) is 23.5 Å². The van der Waals surface area contributed by atoms with Crippen molar-refractivity contribution in [1.29, 1.82) is 0 Å². The van der Waals surface area contributed by atoms with Crippen LogP contribution in [0.2, 0.25) is 0 Å². The highest BCUT2D eigenvalue weighted by Gasteiger charge is 2.31. The third-order valence-corrected chi connectivity index (χ3v) is 6.42. The Labute approximate surface area is 152 Å². The summed E-state index contributed by atoms with van der Waals surface area (Å²) in [5.41, 5.74) is 3.22. The fourth-order valence-electron chi connectivity index (χ4n) is 3.16. The number of fused-ring (bicyclic) bond motifs is 1. The lowest BCUT2D eigenvalue weighted by Gasteiger charge is -2.15. The van der Waals surface area contributed by atoms with Crippen molar-refractivity contribution < 1.29 is 8.42 Å². The van der Waals surface area contributed by atoms with Crippen molar-refractivity contribution in [3.63, 3.8) is 0 Å². The normalized spacial score (nSPS) is 14.3. The average Bonchev–Trinajstić information content (AvgIpc) is 3.06. The second-order valence-corrected chi connectivity index (χ2v) is 8.39. The molecule has 0 atom stereocenters. The first-order valence-corrected chi connectivity index (χ1v) is 9.76. The van der Waals surface area contributed by atoms with Gasteiger partial charge in [-0.15, -0.1) is 0 Å². The molecule has 2 aromatic carbocycles. The summed E-state index contributed by atoms with van der Waals surface area (Å²) >= 11 is 0. The van der Waals surface area contributed by atoms with Gasteiger partial charge in [-0.3, -0.25) is 9.36 Å². The lowest BCUT2D eigenvalue weighted by atomic mass is 10.2. The third kappa shape index (κ3) is 2.87. The minimum atomic E-state index is -3.59. The molecule has 4 rings (SSSR count). The van der Waals surface area contributed by atoms with E-state index in [1.54, 1.807) is 35.0 Å². The summed E-state index contributed by atoms with van der Waals surface area (Å²) in [5.74, 6) is 0. The average molecular weight is 366 g/mol. The maximum atomic E-state index is 12.9. The van der Waals surface area contributed by atoms with Crippen LogP contribution in [0.25, 0.3) is 5.69 Å². The highest BCUT2D eigenvalue weighted by Crippen LogP contribution is 2.28. The molecular weight excluding hydrogens is 348 g/mol. The van der Waals surface area contributed by atoms with Crippen LogP contribution in [0, 0.1) is 6.92 Å². The van der Waals surface area contributed by atoms with E-state index in [1.807, 2.05) is 37.3 Å². The van der Waals surface area contributed by atoms with Crippen LogP contribution in [0.1, 0.15) is 16.7 Å². The number of para-hydroxylation sites is 1.